The molecule has 0 aliphatic heterocycles. The first kappa shape index (κ1) is 20.8. The molecule has 24 heavy (non-hydrogen) atoms. The minimum absolute atomic E-state index is 0.0369. The van der Waals surface area contributed by atoms with Crippen molar-refractivity contribution in [1.29, 1.82) is 5.26 Å². The monoisotopic (exact) mass is 380 g/mol. The standard InChI is InChI=1S/C15H19F3N2O2S2/c1-14(2,3)11-20(10-4-9-19)24(21,22)13-7-5-12(6-8-13)23-15(16,17)18/h5-8H,4,10-11H2,1-3H3. The van der Waals surface area contributed by atoms with Gasteiger partial charge < -0.3 is 0 Å². The molecule has 0 bridgehead atoms. The van der Waals surface area contributed by atoms with Crippen LogP contribution in [0.2, 0.25) is 0 Å². The number of hydrogen-bond acceptors (Lipinski definition) is 4. The molecule has 9 heteroatoms. The predicted octanol–water partition coefficient (Wildman–Crippen LogP) is 4.25. The van der Waals surface area contributed by atoms with Gasteiger partial charge >= 0.3 is 5.51 Å². The van der Waals surface area contributed by atoms with Crippen molar-refractivity contribution in [2.24, 2.45) is 5.41 Å². The van der Waals surface area contributed by atoms with Gasteiger partial charge in [-0.25, -0.2) is 8.42 Å². The fraction of sp³-hybridized carbons (Fsp3) is 0.533. The molecule has 1 aromatic rings. The summed E-state index contributed by atoms with van der Waals surface area (Å²) in [6, 6.07) is 6.48. The highest BCUT2D eigenvalue weighted by molar-refractivity contribution is 8.00. The minimum atomic E-state index is -4.43. The number of hydrogen-bond donors (Lipinski definition) is 0. The van der Waals surface area contributed by atoms with E-state index < -0.39 is 15.5 Å². The minimum Gasteiger partial charge on any atom is -0.207 e. The third-order valence-electron chi connectivity index (χ3n) is 2.82. The third-order valence-corrected chi connectivity index (χ3v) is 5.42. The molecule has 1 rings (SSSR count). The van der Waals surface area contributed by atoms with Gasteiger partial charge in [0.25, 0.3) is 0 Å². The van der Waals surface area contributed by atoms with E-state index in [1.807, 2.05) is 26.8 Å². The topological polar surface area (TPSA) is 61.2 Å². The van der Waals surface area contributed by atoms with Crippen molar-refractivity contribution in [1.82, 2.24) is 4.31 Å². The van der Waals surface area contributed by atoms with Crippen LogP contribution in [0.5, 0.6) is 0 Å². The van der Waals surface area contributed by atoms with Crippen LogP contribution in [0.1, 0.15) is 27.2 Å². The Kier molecular flexibility index (Phi) is 6.73. The quantitative estimate of drug-likeness (QED) is 0.692. The van der Waals surface area contributed by atoms with Crippen LogP contribution in [0.3, 0.4) is 0 Å². The molecule has 134 valence electrons. The molecule has 0 heterocycles. The van der Waals surface area contributed by atoms with Crippen molar-refractivity contribution in [3.05, 3.63) is 24.3 Å². The molecule has 0 aliphatic carbocycles. The maximum atomic E-state index is 12.7. The van der Waals surface area contributed by atoms with Crippen LogP contribution in [0.15, 0.2) is 34.1 Å². The number of nitrogens with zero attached hydrogens (tertiary/aromatic N) is 2. The predicted molar refractivity (Wildman–Crippen MR) is 86.8 cm³/mol. The van der Waals surface area contributed by atoms with E-state index in [0.717, 1.165) is 24.3 Å². The van der Waals surface area contributed by atoms with Gasteiger partial charge in [0.05, 0.1) is 11.0 Å². The Balaban J connectivity index is 3.08. The molecule has 0 aromatic heterocycles. The highest BCUT2D eigenvalue weighted by Gasteiger charge is 2.31. The molecule has 0 atom stereocenters. The fourth-order valence-electron chi connectivity index (χ4n) is 1.95. The molecule has 0 spiro atoms. The van der Waals surface area contributed by atoms with E-state index in [2.05, 4.69) is 0 Å². The van der Waals surface area contributed by atoms with E-state index in [0.29, 0.717) is 0 Å². The molecule has 0 saturated carbocycles. The maximum Gasteiger partial charge on any atom is 0.446 e. The average Bonchev–Trinajstić information content (AvgIpc) is 2.41. The van der Waals surface area contributed by atoms with Crippen LogP contribution in [-0.4, -0.2) is 31.3 Å². The summed E-state index contributed by atoms with van der Waals surface area (Å²) in [7, 11) is -3.88. The average molecular weight is 380 g/mol. The Morgan fingerprint density at radius 3 is 2.12 bits per heavy atom. The second-order valence-electron chi connectivity index (χ2n) is 6.33. The van der Waals surface area contributed by atoms with Gasteiger partial charge in [0.15, 0.2) is 0 Å². The van der Waals surface area contributed by atoms with E-state index in [4.69, 9.17) is 5.26 Å². The van der Waals surface area contributed by atoms with Crippen LogP contribution in [0.4, 0.5) is 13.2 Å². The summed E-state index contributed by atoms with van der Waals surface area (Å²) in [5.41, 5.74) is -4.75. The zero-order chi connectivity index (χ0) is 18.6. The van der Waals surface area contributed by atoms with Gasteiger partial charge in [-0.2, -0.15) is 22.7 Å². The Morgan fingerprint density at radius 2 is 1.71 bits per heavy atom. The summed E-state index contributed by atoms with van der Waals surface area (Å²) in [5, 5.41) is 8.71. The van der Waals surface area contributed by atoms with Crippen molar-refractivity contribution < 1.29 is 21.6 Å². The highest BCUT2D eigenvalue weighted by Crippen LogP contribution is 2.37. The Bertz CT molecular complexity index is 687. The van der Waals surface area contributed by atoms with Gasteiger partial charge in [-0.3, -0.25) is 0 Å². The van der Waals surface area contributed by atoms with Gasteiger partial charge in [-0.15, -0.1) is 0 Å². The number of alkyl halides is 3. The van der Waals surface area contributed by atoms with Crippen LogP contribution < -0.4 is 0 Å². The lowest BCUT2D eigenvalue weighted by atomic mass is 9.97. The molecule has 0 fully saturated rings. The SMILES string of the molecule is CC(C)(C)CN(CCC#N)S(=O)(=O)c1ccc(SC(F)(F)F)cc1. The first-order chi connectivity index (χ1) is 10.8. The number of rotatable bonds is 6. The normalized spacial score (nSPS) is 13.1. The summed E-state index contributed by atoms with van der Waals surface area (Å²) in [5.74, 6) is 0. The van der Waals surface area contributed by atoms with Gasteiger partial charge in [0.1, 0.15) is 0 Å². The first-order valence-corrected chi connectivity index (χ1v) is 9.34. The Morgan fingerprint density at radius 1 is 1.17 bits per heavy atom. The highest BCUT2D eigenvalue weighted by atomic mass is 32.2. The first-order valence-electron chi connectivity index (χ1n) is 7.08. The van der Waals surface area contributed by atoms with Crippen LogP contribution >= 0.6 is 11.8 Å². The van der Waals surface area contributed by atoms with E-state index >= 15 is 0 Å². The van der Waals surface area contributed by atoms with Crippen molar-refractivity contribution in [3.8, 4) is 6.07 Å². The summed E-state index contributed by atoms with van der Waals surface area (Å²) in [4.78, 5) is -0.169. The molecule has 0 unspecified atom stereocenters. The van der Waals surface area contributed by atoms with Crippen LogP contribution in [-0.2, 0) is 10.0 Å². The van der Waals surface area contributed by atoms with Crippen molar-refractivity contribution >= 4 is 21.8 Å². The molecular weight excluding hydrogens is 361 g/mol. The maximum absolute atomic E-state index is 12.7. The molecular formula is C15H19F3N2O2S2. The second-order valence-corrected chi connectivity index (χ2v) is 9.40. The van der Waals surface area contributed by atoms with Gasteiger partial charge in [-0.1, -0.05) is 20.8 Å². The molecule has 0 N–H and O–H groups in total. The molecule has 0 saturated heterocycles. The molecule has 1 aromatic carbocycles. The molecule has 4 nitrogen and oxygen atoms in total. The van der Waals surface area contributed by atoms with Crippen molar-refractivity contribution in [3.63, 3.8) is 0 Å². The Labute approximate surface area is 144 Å². The fourth-order valence-corrected chi connectivity index (χ4v) is 4.16. The summed E-state index contributed by atoms with van der Waals surface area (Å²) >= 11 is -0.299. The van der Waals surface area contributed by atoms with Crippen molar-refractivity contribution in [2.75, 3.05) is 13.1 Å². The summed E-state index contributed by atoms with van der Waals surface area (Å²) < 4.78 is 63.6. The lowest BCUT2D eigenvalue weighted by Gasteiger charge is -2.28. The van der Waals surface area contributed by atoms with E-state index in [1.165, 1.54) is 4.31 Å². The second kappa shape index (κ2) is 7.76. The molecule has 0 aliphatic rings. The number of benzene rings is 1. The molecule has 0 amide bonds. The number of thioether (sulfide) groups is 1. The number of nitriles is 1. The summed E-state index contributed by atoms with van der Waals surface area (Å²) in [6.07, 6.45) is 0.0390. The smallest absolute Gasteiger partial charge is 0.207 e. The lowest BCUT2D eigenvalue weighted by molar-refractivity contribution is -0.0328. The summed E-state index contributed by atoms with van der Waals surface area (Å²) in [6.45, 7) is 5.84. The van der Waals surface area contributed by atoms with Crippen LogP contribution in [0, 0.1) is 16.7 Å². The Hall–Kier alpha value is -1.24. The molecule has 0 radical (unpaired) electrons. The van der Waals surface area contributed by atoms with E-state index in [-0.39, 0.29) is 46.5 Å². The van der Waals surface area contributed by atoms with Gasteiger partial charge in [0.2, 0.25) is 10.0 Å². The van der Waals surface area contributed by atoms with Crippen molar-refractivity contribution in [2.45, 2.75) is 42.5 Å². The number of sulfonamides is 1. The zero-order valence-electron chi connectivity index (χ0n) is 13.6. The lowest BCUT2D eigenvalue weighted by Crippen LogP contribution is -2.38. The zero-order valence-corrected chi connectivity index (χ0v) is 15.2. The van der Waals surface area contributed by atoms with E-state index in [9.17, 15) is 21.6 Å². The number of halogens is 3. The van der Waals surface area contributed by atoms with Gasteiger partial charge in [-0.05, 0) is 41.4 Å². The van der Waals surface area contributed by atoms with Gasteiger partial charge in [0, 0.05) is 24.4 Å². The van der Waals surface area contributed by atoms with Crippen LogP contribution in [0.25, 0.3) is 0 Å². The van der Waals surface area contributed by atoms with E-state index in [1.54, 1.807) is 0 Å². The third kappa shape index (κ3) is 6.71. The largest absolute Gasteiger partial charge is 0.446 e.